The van der Waals surface area contributed by atoms with E-state index in [1.807, 2.05) is 6.92 Å². The number of nitrogens with two attached hydrogens (primary N) is 1. The summed E-state index contributed by atoms with van der Waals surface area (Å²) >= 11 is 0. The summed E-state index contributed by atoms with van der Waals surface area (Å²) in [6.07, 6.45) is 3.43. The predicted molar refractivity (Wildman–Crippen MR) is 63.5 cm³/mol. The Bertz CT molecular complexity index is 272. The van der Waals surface area contributed by atoms with E-state index in [1.165, 1.54) is 0 Å². The molecule has 4 unspecified atom stereocenters. The number of hydrogen-bond donors (Lipinski definition) is 2. The first-order valence-corrected chi connectivity index (χ1v) is 6.46. The third-order valence-corrected chi connectivity index (χ3v) is 3.49. The Balaban J connectivity index is 1.77. The Kier molecular flexibility index (Phi) is 4.36. The molecule has 2 rings (SSSR count). The molecule has 5 heteroatoms. The maximum Gasteiger partial charge on any atom is 0.249 e. The van der Waals surface area contributed by atoms with Crippen molar-refractivity contribution in [2.45, 2.75) is 57.0 Å². The quantitative estimate of drug-likeness (QED) is 0.740. The highest BCUT2D eigenvalue weighted by molar-refractivity contribution is 5.81. The number of amides is 1. The first-order valence-electron chi connectivity index (χ1n) is 6.46. The van der Waals surface area contributed by atoms with Crippen molar-refractivity contribution >= 4 is 5.91 Å². The molecule has 3 N–H and O–H groups in total. The van der Waals surface area contributed by atoms with Gasteiger partial charge in [-0.15, -0.1) is 0 Å². The van der Waals surface area contributed by atoms with Crippen molar-refractivity contribution in [2.75, 3.05) is 13.2 Å². The molecule has 5 nitrogen and oxygen atoms in total. The van der Waals surface area contributed by atoms with Crippen LogP contribution < -0.4 is 11.1 Å². The van der Waals surface area contributed by atoms with Crippen LogP contribution in [0.4, 0.5) is 0 Å². The van der Waals surface area contributed by atoms with Gasteiger partial charge in [0.15, 0.2) is 0 Å². The van der Waals surface area contributed by atoms with Crippen LogP contribution in [0.1, 0.15) is 32.6 Å². The maximum absolute atomic E-state index is 12.0. The molecule has 0 saturated carbocycles. The van der Waals surface area contributed by atoms with Crippen molar-refractivity contribution < 1.29 is 14.3 Å². The van der Waals surface area contributed by atoms with E-state index >= 15 is 0 Å². The normalized spacial score (nSPS) is 38.0. The Hall–Kier alpha value is -0.650. The van der Waals surface area contributed by atoms with Crippen LogP contribution in [0.15, 0.2) is 0 Å². The largest absolute Gasteiger partial charge is 0.378 e. The summed E-state index contributed by atoms with van der Waals surface area (Å²) < 4.78 is 11.0. The number of carbonyl (C=O) groups excluding carboxylic acids is 1. The second kappa shape index (κ2) is 5.80. The summed E-state index contributed by atoms with van der Waals surface area (Å²) in [5.74, 6) is 0.0139. The lowest BCUT2D eigenvalue weighted by atomic mass is 10.0. The molecule has 1 amide bonds. The zero-order valence-corrected chi connectivity index (χ0v) is 10.4. The third-order valence-electron chi connectivity index (χ3n) is 3.49. The van der Waals surface area contributed by atoms with Crippen LogP contribution in [-0.4, -0.2) is 43.4 Å². The molecule has 2 aliphatic heterocycles. The maximum atomic E-state index is 12.0. The highest BCUT2D eigenvalue weighted by atomic mass is 16.5. The Morgan fingerprint density at radius 3 is 2.88 bits per heavy atom. The molecular weight excluding hydrogens is 220 g/mol. The molecule has 0 aromatic rings. The summed E-state index contributed by atoms with van der Waals surface area (Å²) in [7, 11) is 0. The van der Waals surface area contributed by atoms with Gasteiger partial charge in [0.2, 0.25) is 5.91 Å². The molecule has 0 aromatic carbocycles. The van der Waals surface area contributed by atoms with Gasteiger partial charge in [0.05, 0.1) is 12.2 Å². The van der Waals surface area contributed by atoms with E-state index in [4.69, 9.17) is 15.2 Å². The molecule has 17 heavy (non-hydrogen) atoms. The fourth-order valence-corrected chi connectivity index (χ4v) is 2.50. The van der Waals surface area contributed by atoms with Gasteiger partial charge in [-0.2, -0.15) is 0 Å². The van der Waals surface area contributed by atoms with E-state index < -0.39 is 0 Å². The topological polar surface area (TPSA) is 73.6 Å². The molecular formula is C12H22N2O3. The minimum absolute atomic E-state index is 0.0139. The minimum atomic E-state index is -0.304. The van der Waals surface area contributed by atoms with Crippen LogP contribution >= 0.6 is 0 Å². The molecule has 2 aliphatic rings. The van der Waals surface area contributed by atoms with Crippen LogP contribution in [0, 0.1) is 0 Å². The smallest absolute Gasteiger partial charge is 0.249 e. The van der Waals surface area contributed by atoms with Crippen LogP contribution in [0.2, 0.25) is 0 Å². The van der Waals surface area contributed by atoms with Crippen molar-refractivity contribution in [3.63, 3.8) is 0 Å². The van der Waals surface area contributed by atoms with Crippen LogP contribution in [0.25, 0.3) is 0 Å². The second-order valence-electron chi connectivity index (χ2n) is 4.97. The zero-order valence-electron chi connectivity index (χ0n) is 10.4. The third kappa shape index (κ3) is 3.40. The second-order valence-corrected chi connectivity index (χ2v) is 4.97. The van der Waals surface area contributed by atoms with Crippen LogP contribution in [-0.2, 0) is 14.3 Å². The fraction of sp³-hybridized carbons (Fsp3) is 0.917. The molecule has 0 aromatic heterocycles. The van der Waals surface area contributed by atoms with E-state index in [2.05, 4.69) is 5.32 Å². The van der Waals surface area contributed by atoms with Crippen molar-refractivity contribution in [1.29, 1.82) is 0 Å². The summed E-state index contributed by atoms with van der Waals surface area (Å²) in [5.41, 5.74) is 5.53. The van der Waals surface area contributed by atoms with Gasteiger partial charge < -0.3 is 20.5 Å². The molecule has 0 aliphatic carbocycles. The Morgan fingerprint density at radius 2 is 2.24 bits per heavy atom. The molecule has 0 radical (unpaired) electrons. The van der Waals surface area contributed by atoms with Gasteiger partial charge in [0.1, 0.15) is 6.10 Å². The molecule has 2 fully saturated rings. The van der Waals surface area contributed by atoms with Crippen LogP contribution in [0.5, 0.6) is 0 Å². The molecule has 4 atom stereocenters. The first-order chi connectivity index (χ1) is 8.19. The predicted octanol–water partition coefficient (Wildman–Crippen LogP) is 0.176. The number of rotatable bonds is 3. The average Bonchev–Trinajstić information content (AvgIpc) is 2.77. The fourth-order valence-electron chi connectivity index (χ4n) is 2.50. The van der Waals surface area contributed by atoms with Crippen molar-refractivity contribution in [3.05, 3.63) is 0 Å². The molecule has 0 spiro atoms. The van der Waals surface area contributed by atoms with Gasteiger partial charge in [-0.3, -0.25) is 4.79 Å². The molecule has 2 heterocycles. The standard InChI is InChI=1S/C12H22N2O3/c1-8-6-9(4-5-16-8)14-12(15)11-3-2-10(7-13)17-11/h8-11H,2-7,13H2,1H3,(H,14,15). The molecule has 0 bridgehead atoms. The van der Waals surface area contributed by atoms with Gasteiger partial charge in [-0.25, -0.2) is 0 Å². The van der Waals surface area contributed by atoms with Gasteiger partial charge >= 0.3 is 0 Å². The molecule has 98 valence electrons. The average molecular weight is 242 g/mol. The monoisotopic (exact) mass is 242 g/mol. The van der Waals surface area contributed by atoms with Gasteiger partial charge in [0.25, 0.3) is 0 Å². The van der Waals surface area contributed by atoms with Crippen LogP contribution in [0.3, 0.4) is 0 Å². The number of carbonyl (C=O) groups is 1. The first kappa shape index (κ1) is 12.8. The Labute approximate surface area is 102 Å². The number of nitrogens with one attached hydrogen (secondary N) is 1. The highest BCUT2D eigenvalue weighted by Crippen LogP contribution is 2.20. The van der Waals surface area contributed by atoms with E-state index in [9.17, 15) is 4.79 Å². The summed E-state index contributed by atoms with van der Waals surface area (Å²) in [6.45, 7) is 3.26. The highest BCUT2D eigenvalue weighted by Gasteiger charge is 2.31. The zero-order chi connectivity index (χ0) is 12.3. The lowest BCUT2D eigenvalue weighted by Crippen LogP contribution is -2.45. The van der Waals surface area contributed by atoms with Crippen molar-refractivity contribution in [2.24, 2.45) is 5.73 Å². The summed E-state index contributed by atoms with van der Waals surface area (Å²) in [4.78, 5) is 12.0. The summed E-state index contributed by atoms with van der Waals surface area (Å²) in [5, 5.41) is 3.05. The SMILES string of the molecule is CC1CC(NC(=O)C2CCC(CN)O2)CCO1. The number of ether oxygens (including phenoxy) is 2. The van der Waals surface area contributed by atoms with E-state index in [0.29, 0.717) is 6.54 Å². The van der Waals surface area contributed by atoms with Gasteiger partial charge in [-0.1, -0.05) is 0 Å². The lowest BCUT2D eigenvalue weighted by molar-refractivity contribution is -0.133. The Morgan fingerprint density at radius 1 is 1.41 bits per heavy atom. The minimum Gasteiger partial charge on any atom is -0.378 e. The molecule has 2 saturated heterocycles. The van der Waals surface area contributed by atoms with E-state index in [1.54, 1.807) is 0 Å². The van der Waals surface area contributed by atoms with Crippen molar-refractivity contribution in [1.82, 2.24) is 5.32 Å². The summed E-state index contributed by atoms with van der Waals surface area (Å²) in [6, 6.07) is 0.228. The van der Waals surface area contributed by atoms with Crippen molar-refractivity contribution in [3.8, 4) is 0 Å². The van der Waals surface area contributed by atoms with Gasteiger partial charge in [-0.05, 0) is 32.6 Å². The number of hydrogen-bond acceptors (Lipinski definition) is 4. The lowest BCUT2D eigenvalue weighted by Gasteiger charge is -2.28. The van der Waals surface area contributed by atoms with E-state index in [0.717, 1.165) is 32.3 Å². The van der Waals surface area contributed by atoms with Gasteiger partial charge in [0, 0.05) is 19.2 Å². The van der Waals surface area contributed by atoms with E-state index in [-0.39, 0.29) is 30.3 Å².